The van der Waals surface area contributed by atoms with E-state index in [1.54, 1.807) is 10.9 Å². The van der Waals surface area contributed by atoms with Crippen LogP contribution in [0.5, 0.6) is 0 Å². The van der Waals surface area contributed by atoms with Crippen molar-refractivity contribution in [2.75, 3.05) is 31.2 Å². The molecule has 8 nitrogen and oxygen atoms in total. The van der Waals surface area contributed by atoms with Crippen LogP contribution in [0.25, 0.3) is 11.5 Å². The monoisotopic (exact) mass is 309 g/mol. The van der Waals surface area contributed by atoms with Gasteiger partial charge in [-0.15, -0.1) is 5.10 Å². The van der Waals surface area contributed by atoms with Gasteiger partial charge >= 0.3 is 0 Å². The second-order valence-electron chi connectivity index (χ2n) is 4.67. The fourth-order valence-electron chi connectivity index (χ4n) is 2.17. The number of morpholine rings is 1. The minimum absolute atomic E-state index is 0.172. The van der Waals surface area contributed by atoms with E-state index >= 15 is 0 Å². The number of aromatic nitrogens is 6. The molecule has 0 aliphatic carbocycles. The number of hydrogen-bond donors (Lipinski definition) is 0. The van der Waals surface area contributed by atoms with Gasteiger partial charge in [0.15, 0.2) is 5.82 Å². The van der Waals surface area contributed by atoms with Gasteiger partial charge in [0, 0.05) is 19.6 Å². The molecule has 0 bridgehead atoms. The van der Waals surface area contributed by atoms with Gasteiger partial charge in [-0.05, 0) is 18.0 Å². The third-order valence-corrected chi connectivity index (χ3v) is 3.34. The smallest absolute Gasteiger partial charge is 0.230 e. The fourth-order valence-corrected chi connectivity index (χ4v) is 2.32. The summed E-state index contributed by atoms with van der Waals surface area (Å²) in [7, 11) is 0. The SMILES string of the molecule is CCCn1nncc1-c1nc(Cl)nc(N2CCOCC2)n1. The second-order valence-corrected chi connectivity index (χ2v) is 5.01. The van der Waals surface area contributed by atoms with E-state index in [-0.39, 0.29) is 5.28 Å². The Kier molecular flexibility index (Phi) is 4.26. The van der Waals surface area contributed by atoms with Crippen LogP contribution in [0.4, 0.5) is 5.95 Å². The largest absolute Gasteiger partial charge is 0.378 e. The molecule has 0 saturated carbocycles. The van der Waals surface area contributed by atoms with E-state index in [1.165, 1.54) is 0 Å². The van der Waals surface area contributed by atoms with Crippen molar-refractivity contribution in [2.45, 2.75) is 19.9 Å². The Labute approximate surface area is 127 Å². The highest BCUT2D eigenvalue weighted by atomic mass is 35.5. The third-order valence-electron chi connectivity index (χ3n) is 3.17. The van der Waals surface area contributed by atoms with Crippen molar-refractivity contribution in [3.63, 3.8) is 0 Å². The molecule has 0 unspecified atom stereocenters. The van der Waals surface area contributed by atoms with Crippen LogP contribution >= 0.6 is 11.6 Å². The quantitative estimate of drug-likeness (QED) is 0.834. The zero-order chi connectivity index (χ0) is 14.7. The Morgan fingerprint density at radius 2 is 2.05 bits per heavy atom. The molecule has 3 heterocycles. The lowest BCUT2D eigenvalue weighted by atomic mass is 10.4. The first-order valence-corrected chi connectivity index (χ1v) is 7.29. The normalized spacial score (nSPS) is 15.4. The van der Waals surface area contributed by atoms with Crippen molar-refractivity contribution in [1.82, 2.24) is 29.9 Å². The van der Waals surface area contributed by atoms with Crippen molar-refractivity contribution in [3.8, 4) is 11.5 Å². The lowest BCUT2D eigenvalue weighted by Crippen LogP contribution is -2.37. The van der Waals surface area contributed by atoms with Gasteiger partial charge in [-0.3, -0.25) is 0 Å². The average Bonchev–Trinajstić information content (AvgIpc) is 2.96. The number of hydrogen-bond acceptors (Lipinski definition) is 7. The van der Waals surface area contributed by atoms with Crippen LogP contribution in [0.1, 0.15) is 13.3 Å². The van der Waals surface area contributed by atoms with Gasteiger partial charge in [0.1, 0.15) is 5.69 Å². The Morgan fingerprint density at radius 3 is 2.81 bits per heavy atom. The molecule has 0 amide bonds. The first kappa shape index (κ1) is 14.2. The highest BCUT2D eigenvalue weighted by molar-refractivity contribution is 6.28. The Hall–Kier alpha value is -1.80. The lowest BCUT2D eigenvalue weighted by molar-refractivity contribution is 0.122. The highest BCUT2D eigenvalue weighted by Crippen LogP contribution is 2.19. The van der Waals surface area contributed by atoms with Crippen LogP contribution in [0, 0.1) is 0 Å². The minimum Gasteiger partial charge on any atom is -0.378 e. The van der Waals surface area contributed by atoms with Gasteiger partial charge in [-0.25, -0.2) is 4.68 Å². The van der Waals surface area contributed by atoms with Crippen molar-refractivity contribution in [2.24, 2.45) is 0 Å². The molecule has 0 spiro atoms. The minimum atomic E-state index is 0.172. The zero-order valence-electron chi connectivity index (χ0n) is 11.7. The number of ether oxygens (including phenoxy) is 1. The summed E-state index contributed by atoms with van der Waals surface area (Å²) in [6.07, 6.45) is 2.59. The summed E-state index contributed by atoms with van der Waals surface area (Å²) in [5.41, 5.74) is 0.746. The van der Waals surface area contributed by atoms with Crippen molar-refractivity contribution in [3.05, 3.63) is 11.5 Å². The van der Waals surface area contributed by atoms with Crippen molar-refractivity contribution in [1.29, 1.82) is 0 Å². The number of nitrogens with zero attached hydrogens (tertiary/aromatic N) is 7. The topological polar surface area (TPSA) is 81.9 Å². The van der Waals surface area contributed by atoms with E-state index in [1.807, 2.05) is 4.90 Å². The number of halogens is 1. The fraction of sp³-hybridized carbons (Fsp3) is 0.583. The van der Waals surface area contributed by atoms with Gasteiger partial charge in [-0.1, -0.05) is 12.1 Å². The lowest BCUT2D eigenvalue weighted by Gasteiger charge is -2.26. The van der Waals surface area contributed by atoms with Crippen LogP contribution in [-0.2, 0) is 11.3 Å². The van der Waals surface area contributed by atoms with Crippen LogP contribution in [0.15, 0.2) is 6.20 Å². The Balaban J connectivity index is 1.95. The molecule has 0 N–H and O–H groups in total. The Morgan fingerprint density at radius 1 is 1.24 bits per heavy atom. The Bertz CT molecular complexity index is 611. The molecule has 21 heavy (non-hydrogen) atoms. The first-order chi connectivity index (χ1) is 10.3. The van der Waals surface area contributed by atoms with Gasteiger partial charge in [-0.2, -0.15) is 15.0 Å². The molecule has 1 aliphatic rings. The predicted octanol–water partition coefficient (Wildman–Crippen LogP) is 1.03. The molecule has 1 fully saturated rings. The molecule has 112 valence electrons. The molecule has 9 heteroatoms. The summed E-state index contributed by atoms with van der Waals surface area (Å²) in [5, 5.41) is 8.14. The number of anilines is 1. The number of rotatable bonds is 4. The summed E-state index contributed by atoms with van der Waals surface area (Å²) in [5.74, 6) is 1.06. The number of aryl methyl sites for hydroxylation is 1. The van der Waals surface area contributed by atoms with Crippen LogP contribution in [0.3, 0.4) is 0 Å². The molecule has 1 aliphatic heterocycles. The summed E-state index contributed by atoms with van der Waals surface area (Å²) in [6.45, 7) is 5.64. The maximum absolute atomic E-state index is 6.05. The first-order valence-electron chi connectivity index (χ1n) is 6.91. The van der Waals surface area contributed by atoms with E-state index in [2.05, 4.69) is 32.2 Å². The van der Waals surface area contributed by atoms with Gasteiger partial charge in [0.25, 0.3) is 0 Å². The van der Waals surface area contributed by atoms with E-state index in [0.29, 0.717) is 25.0 Å². The predicted molar refractivity (Wildman–Crippen MR) is 77.2 cm³/mol. The van der Waals surface area contributed by atoms with Gasteiger partial charge in [0.2, 0.25) is 11.2 Å². The van der Waals surface area contributed by atoms with Crippen molar-refractivity contribution >= 4 is 17.5 Å². The van der Waals surface area contributed by atoms with E-state index < -0.39 is 0 Å². The molecule has 0 atom stereocenters. The van der Waals surface area contributed by atoms with E-state index in [0.717, 1.165) is 31.7 Å². The molecule has 2 aromatic rings. The highest BCUT2D eigenvalue weighted by Gasteiger charge is 2.18. The van der Waals surface area contributed by atoms with Crippen LogP contribution in [-0.4, -0.2) is 56.2 Å². The molecule has 0 radical (unpaired) electrons. The van der Waals surface area contributed by atoms with Crippen LogP contribution in [0.2, 0.25) is 5.28 Å². The summed E-state index contributed by atoms with van der Waals surface area (Å²) >= 11 is 6.05. The average molecular weight is 310 g/mol. The third kappa shape index (κ3) is 3.11. The molecule has 2 aromatic heterocycles. The molecule has 3 rings (SSSR count). The molecular weight excluding hydrogens is 294 g/mol. The van der Waals surface area contributed by atoms with E-state index in [9.17, 15) is 0 Å². The van der Waals surface area contributed by atoms with Crippen molar-refractivity contribution < 1.29 is 4.74 Å². The summed E-state index contributed by atoms with van der Waals surface area (Å²) in [4.78, 5) is 14.9. The maximum Gasteiger partial charge on any atom is 0.230 e. The van der Waals surface area contributed by atoms with Gasteiger partial charge < -0.3 is 9.64 Å². The summed E-state index contributed by atoms with van der Waals surface area (Å²) in [6, 6.07) is 0. The zero-order valence-corrected chi connectivity index (χ0v) is 12.5. The molecular formula is C12H16ClN7O. The maximum atomic E-state index is 6.05. The molecule has 1 saturated heterocycles. The van der Waals surface area contributed by atoms with Gasteiger partial charge in [0.05, 0.1) is 19.4 Å². The second kappa shape index (κ2) is 6.31. The standard InChI is InChI=1S/C12H16ClN7O/c1-2-3-20-9(8-14-18-20)10-15-11(13)17-12(16-10)19-4-6-21-7-5-19/h8H,2-7H2,1H3. The summed E-state index contributed by atoms with van der Waals surface area (Å²) < 4.78 is 7.11. The van der Waals surface area contributed by atoms with E-state index in [4.69, 9.17) is 16.3 Å². The molecule has 0 aromatic carbocycles. The van der Waals surface area contributed by atoms with Crippen LogP contribution < -0.4 is 4.90 Å².